The average Bonchev–Trinajstić information content (AvgIpc) is 2.51. The van der Waals surface area contributed by atoms with E-state index < -0.39 is 29.8 Å². The normalized spacial score (nSPS) is 13.5. The van der Waals surface area contributed by atoms with Crippen LogP contribution in [0.3, 0.4) is 0 Å². The van der Waals surface area contributed by atoms with E-state index in [1.165, 1.54) is 12.1 Å². The lowest BCUT2D eigenvalue weighted by Gasteiger charge is -2.18. The van der Waals surface area contributed by atoms with Crippen molar-refractivity contribution in [2.45, 2.75) is 37.7 Å². The third kappa shape index (κ3) is 6.98. The van der Waals surface area contributed by atoms with Crippen molar-refractivity contribution in [3.8, 4) is 0 Å². The summed E-state index contributed by atoms with van der Waals surface area (Å²) in [6.07, 6.45) is -0.945. The van der Waals surface area contributed by atoms with Crippen molar-refractivity contribution in [2.24, 2.45) is 5.73 Å². The Hall–Kier alpha value is -1.64. The smallest absolute Gasteiger partial charge is 0.269 e. The maximum atomic E-state index is 12.8. The van der Waals surface area contributed by atoms with E-state index >= 15 is 0 Å². The van der Waals surface area contributed by atoms with Crippen molar-refractivity contribution in [3.63, 3.8) is 0 Å². The van der Waals surface area contributed by atoms with Gasteiger partial charge in [-0.3, -0.25) is 20.4 Å². The number of nitrogens with two attached hydrogens (primary N) is 1. The largest absolute Gasteiger partial charge is 0.382 e. The van der Waals surface area contributed by atoms with Crippen molar-refractivity contribution in [1.82, 2.24) is 10.9 Å². The molecular weight excluding hydrogens is 321 g/mol. The molecular formula is C15H22FN3O3S. The summed E-state index contributed by atoms with van der Waals surface area (Å²) in [5, 5.41) is 10.3. The summed E-state index contributed by atoms with van der Waals surface area (Å²) in [5.74, 6) is -1.14. The number of hydrogen-bond acceptors (Lipinski definition) is 5. The molecule has 0 heterocycles. The van der Waals surface area contributed by atoms with E-state index in [0.717, 1.165) is 17.9 Å². The molecule has 0 spiro atoms. The maximum Gasteiger partial charge on any atom is 0.269 e. The summed E-state index contributed by atoms with van der Waals surface area (Å²) < 4.78 is 12.8. The van der Waals surface area contributed by atoms with Gasteiger partial charge in [0.05, 0.1) is 0 Å². The lowest BCUT2D eigenvalue weighted by Crippen LogP contribution is -2.52. The van der Waals surface area contributed by atoms with Gasteiger partial charge >= 0.3 is 0 Å². The number of aliphatic hydroxyl groups excluding tert-OH is 1. The molecule has 0 fully saturated rings. The molecule has 0 bridgehead atoms. The van der Waals surface area contributed by atoms with Gasteiger partial charge in [-0.05, 0) is 41.7 Å². The van der Waals surface area contributed by atoms with E-state index in [1.807, 2.05) is 13.8 Å². The fourth-order valence-corrected chi connectivity index (χ4v) is 2.54. The Morgan fingerprint density at radius 1 is 1.26 bits per heavy atom. The number of benzene rings is 1. The Morgan fingerprint density at radius 2 is 1.87 bits per heavy atom. The second kappa shape index (κ2) is 9.49. The van der Waals surface area contributed by atoms with Crippen LogP contribution in [0.5, 0.6) is 0 Å². The zero-order valence-corrected chi connectivity index (χ0v) is 13.9. The van der Waals surface area contributed by atoms with Crippen LogP contribution in [-0.4, -0.2) is 40.1 Å². The zero-order valence-electron chi connectivity index (χ0n) is 13.1. The fraction of sp³-hybridized carbons (Fsp3) is 0.467. The lowest BCUT2D eigenvalue weighted by atomic mass is 10.1. The molecule has 0 saturated carbocycles. The van der Waals surface area contributed by atoms with Crippen LogP contribution in [0.2, 0.25) is 0 Å². The molecule has 1 rings (SSSR count). The van der Waals surface area contributed by atoms with E-state index in [9.17, 15) is 19.1 Å². The Morgan fingerprint density at radius 3 is 2.43 bits per heavy atom. The highest BCUT2D eigenvalue weighted by molar-refractivity contribution is 7.99. The van der Waals surface area contributed by atoms with Gasteiger partial charge in [0.25, 0.3) is 11.8 Å². The number of nitrogens with one attached hydrogen (secondary N) is 2. The van der Waals surface area contributed by atoms with Gasteiger partial charge in [0, 0.05) is 11.6 Å². The standard InChI is InChI=1S/C15H22FN3O3S/c1-9(2)23-8-7-12(17)13(20)15(22)19-18-14(21)10-3-5-11(16)6-4-10/h3-6,9,12-13,20H,7-8,17H2,1-2H3,(H,18,21)(H,19,22)/t12-,13?/m1/s1. The van der Waals surface area contributed by atoms with Gasteiger partial charge in [-0.15, -0.1) is 0 Å². The highest BCUT2D eigenvalue weighted by Crippen LogP contribution is 2.12. The number of rotatable bonds is 7. The van der Waals surface area contributed by atoms with Gasteiger partial charge in [0.15, 0.2) is 0 Å². The highest BCUT2D eigenvalue weighted by atomic mass is 32.2. The molecule has 1 unspecified atom stereocenters. The molecule has 0 aliphatic carbocycles. The Balaban J connectivity index is 2.39. The second-order valence-corrected chi connectivity index (χ2v) is 6.95. The molecule has 0 saturated heterocycles. The van der Waals surface area contributed by atoms with E-state index in [4.69, 9.17) is 5.73 Å². The topological polar surface area (TPSA) is 104 Å². The van der Waals surface area contributed by atoms with Gasteiger partial charge in [-0.2, -0.15) is 11.8 Å². The highest BCUT2D eigenvalue weighted by Gasteiger charge is 2.23. The van der Waals surface area contributed by atoms with Crippen molar-refractivity contribution in [1.29, 1.82) is 0 Å². The molecule has 2 atom stereocenters. The SMILES string of the molecule is CC(C)SCC[C@@H](N)C(O)C(=O)NNC(=O)c1ccc(F)cc1. The first kappa shape index (κ1) is 19.4. The summed E-state index contributed by atoms with van der Waals surface area (Å²) in [6.45, 7) is 4.09. The summed E-state index contributed by atoms with van der Waals surface area (Å²) in [7, 11) is 0. The van der Waals surface area contributed by atoms with Gasteiger partial charge in [-0.25, -0.2) is 4.39 Å². The second-order valence-electron chi connectivity index (χ2n) is 5.27. The van der Waals surface area contributed by atoms with E-state index in [1.54, 1.807) is 11.8 Å². The van der Waals surface area contributed by atoms with Crippen LogP contribution in [-0.2, 0) is 4.79 Å². The fourth-order valence-electron chi connectivity index (χ4n) is 1.66. The van der Waals surface area contributed by atoms with Crippen LogP contribution < -0.4 is 16.6 Å². The summed E-state index contributed by atoms with van der Waals surface area (Å²) in [5.41, 5.74) is 10.2. The van der Waals surface area contributed by atoms with Crippen LogP contribution in [0.1, 0.15) is 30.6 Å². The number of hydrazine groups is 1. The van der Waals surface area contributed by atoms with Gasteiger partial charge in [-0.1, -0.05) is 13.8 Å². The number of amides is 2. The first-order chi connectivity index (χ1) is 10.8. The molecule has 0 aliphatic rings. The van der Waals surface area contributed by atoms with E-state index in [-0.39, 0.29) is 5.56 Å². The Bertz CT molecular complexity index is 525. The third-order valence-corrected chi connectivity index (χ3v) is 4.12. The maximum absolute atomic E-state index is 12.8. The predicted octanol–water partition coefficient (Wildman–Crippen LogP) is 0.807. The average molecular weight is 343 g/mol. The zero-order chi connectivity index (χ0) is 17.4. The van der Waals surface area contributed by atoms with E-state index in [0.29, 0.717) is 11.7 Å². The molecule has 6 nitrogen and oxygen atoms in total. The van der Waals surface area contributed by atoms with Gasteiger partial charge < -0.3 is 10.8 Å². The quantitative estimate of drug-likeness (QED) is 0.548. The molecule has 128 valence electrons. The molecule has 0 aromatic heterocycles. The van der Waals surface area contributed by atoms with Crippen LogP contribution in [0.25, 0.3) is 0 Å². The van der Waals surface area contributed by atoms with Crippen LogP contribution in [0.4, 0.5) is 4.39 Å². The lowest BCUT2D eigenvalue weighted by molar-refractivity contribution is -0.131. The van der Waals surface area contributed by atoms with Crippen molar-refractivity contribution >= 4 is 23.6 Å². The first-order valence-electron chi connectivity index (χ1n) is 7.22. The summed E-state index contributed by atoms with van der Waals surface area (Å²) >= 11 is 1.68. The number of hydrogen-bond donors (Lipinski definition) is 4. The molecule has 23 heavy (non-hydrogen) atoms. The molecule has 0 aliphatic heterocycles. The van der Waals surface area contributed by atoms with Gasteiger partial charge in [0.2, 0.25) is 0 Å². The molecule has 2 amide bonds. The number of carbonyl (C=O) groups excluding carboxylic acids is 2. The minimum atomic E-state index is -1.42. The van der Waals surface area contributed by atoms with Crippen molar-refractivity contribution < 1.29 is 19.1 Å². The monoisotopic (exact) mass is 343 g/mol. The molecule has 0 radical (unpaired) electrons. The van der Waals surface area contributed by atoms with Gasteiger partial charge in [0.1, 0.15) is 11.9 Å². The molecule has 1 aromatic carbocycles. The number of halogens is 1. The summed E-state index contributed by atoms with van der Waals surface area (Å²) in [6, 6.07) is 4.11. The number of carbonyl (C=O) groups is 2. The summed E-state index contributed by atoms with van der Waals surface area (Å²) in [4.78, 5) is 23.5. The van der Waals surface area contributed by atoms with Crippen LogP contribution >= 0.6 is 11.8 Å². The first-order valence-corrected chi connectivity index (χ1v) is 8.27. The van der Waals surface area contributed by atoms with Crippen molar-refractivity contribution in [3.05, 3.63) is 35.6 Å². The molecule has 5 N–H and O–H groups in total. The van der Waals surface area contributed by atoms with Crippen molar-refractivity contribution in [2.75, 3.05) is 5.75 Å². The van der Waals surface area contributed by atoms with Crippen LogP contribution in [0, 0.1) is 5.82 Å². The Kier molecular flexibility index (Phi) is 8.01. The number of thioether (sulfide) groups is 1. The predicted molar refractivity (Wildman–Crippen MR) is 88.2 cm³/mol. The van der Waals surface area contributed by atoms with Crippen LogP contribution in [0.15, 0.2) is 24.3 Å². The number of aliphatic hydroxyl groups is 1. The van der Waals surface area contributed by atoms with E-state index in [2.05, 4.69) is 10.9 Å². The minimum Gasteiger partial charge on any atom is -0.382 e. The molecule has 8 heteroatoms. The third-order valence-electron chi connectivity index (χ3n) is 2.98. The minimum absolute atomic E-state index is 0.179. The Labute approximate surface area is 139 Å². The molecule has 1 aromatic rings.